The average Bonchev–Trinajstić information content (AvgIpc) is 3.05. The average molecular weight is 354 g/mol. The molecule has 0 aliphatic heterocycles. The van der Waals surface area contributed by atoms with Crippen molar-refractivity contribution in [3.8, 4) is 0 Å². The Labute approximate surface area is 151 Å². The van der Waals surface area contributed by atoms with Gasteiger partial charge >= 0.3 is 5.97 Å². The molecule has 0 fully saturated rings. The second-order valence-corrected chi connectivity index (χ2v) is 7.76. The van der Waals surface area contributed by atoms with Crippen LogP contribution in [0.5, 0.6) is 0 Å². The molecule has 0 amide bonds. The lowest BCUT2D eigenvalue weighted by molar-refractivity contribution is -0.141. The van der Waals surface area contributed by atoms with Crippen molar-refractivity contribution in [2.45, 2.75) is 31.1 Å². The van der Waals surface area contributed by atoms with Gasteiger partial charge in [-0.25, -0.2) is 4.21 Å². The molecule has 0 spiro atoms. The van der Waals surface area contributed by atoms with Crippen molar-refractivity contribution in [2.75, 3.05) is 7.11 Å². The number of hydrogen-bond acceptors (Lipinski definition) is 3. The summed E-state index contributed by atoms with van der Waals surface area (Å²) >= 11 is 0. The van der Waals surface area contributed by atoms with Gasteiger partial charge in [0, 0.05) is 15.7 Å². The number of carbonyl (C=O) groups excluding carboxylic acids is 1. The summed E-state index contributed by atoms with van der Waals surface area (Å²) in [7, 11) is 0.124. The zero-order chi connectivity index (χ0) is 17.8. The van der Waals surface area contributed by atoms with E-state index in [4.69, 9.17) is 4.74 Å². The van der Waals surface area contributed by atoms with Gasteiger partial charge in [0.25, 0.3) is 0 Å². The second-order valence-electron chi connectivity index (χ2n) is 6.31. The fourth-order valence-electron chi connectivity index (χ4n) is 3.28. The highest BCUT2D eigenvalue weighted by molar-refractivity contribution is 7.89. The van der Waals surface area contributed by atoms with Crippen molar-refractivity contribution >= 4 is 22.3 Å². The number of ether oxygens (including phenoxy) is 1. The molecule has 0 radical (unpaired) electrons. The molecule has 3 nitrogen and oxygen atoms in total. The fraction of sp³-hybridized carbons (Fsp3) is 0.286. The summed E-state index contributed by atoms with van der Waals surface area (Å²) in [4.78, 5) is 13.5. The van der Waals surface area contributed by atoms with Gasteiger partial charge in [0.1, 0.15) is 0 Å². The summed E-state index contributed by atoms with van der Waals surface area (Å²) in [5, 5.41) is 0. The zero-order valence-corrected chi connectivity index (χ0v) is 15.3. The Balaban J connectivity index is 2.03. The lowest BCUT2D eigenvalue weighted by atomic mass is 10.1. The van der Waals surface area contributed by atoms with Crippen LogP contribution in [0.2, 0.25) is 0 Å². The van der Waals surface area contributed by atoms with E-state index in [1.165, 1.54) is 7.11 Å². The number of benzene rings is 2. The van der Waals surface area contributed by atoms with Crippen molar-refractivity contribution in [2.24, 2.45) is 5.92 Å². The summed E-state index contributed by atoms with van der Waals surface area (Å²) in [6.07, 6.45) is 1.94. The topological polar surface area (TPSA) is 43.4 Å². The quantitative estimate of drug-likeness (QED) is 0.743. The lowest BCUT2D eigenvalue weighted by Crippen LogP contribution is -2.12. The first-order valence-corrected chi connectivity index (χ1v) is 9.59. The van der Waals surface area contributed by atoms with E-state index in [2.05, 4.69) is 0 Å². The highest BCUT2D eigenvalue weighted by Gasteiger charge is 2.32. The number of methoxy groups -OCH3 is 1. The molecule has 0 saturated heterocycles. The maximum Gasteiger partial charge on any atom is 0.306 e. The van der Waals surface area contributed by atoms with Crippen molar-refractivity contribution in [3.63, 3.8) is 0 Å². The molecular weight excluding hydrogens is 332 g/mol. The van der Waals surface area contributed by atoms with Gasteiger partial charge in [-0.2, -0.15) is 0 Å². The van der Waals surface area contributed by atoms with Gasteiger partial charge < -0.3 is 4.74 Å². The molecule has 2 aromatic rings. The van der Waals surface area contributed by atoms with Crippen LogP contribution >= 0.6 is 0 Å². The van der Waals surface area contributed by atoms with Gasteiger partial charge in [0.2, 0.25) is 0 Å². The fourth-order valence-corrected chi connectivity index (χ4v) is 4.86. The molecule has 1 aliphatic rings. The highest BCUT2D eigenvalue weighted by Crippen LogP contribution is 2.43. The third kappa shape index (κ3) is 3.90. The van der Waals surface area contributed by atoms with Crippen LogP contribution in [0.3, 0.4) is 0 Å². The van der Waals surface area contributed by atoms with Crippen LogP contribution in [0.4, 0.5) is 0 Å². The molecule has 25 heavy (non-hydrogen) atoms. The SMILES string of the molecule is COC(=O)C[C@H]1CCC(c2ccccc2)=C1[S@@](=O)c1ccc(C)cc1. The predicted molar refractivity (Wildman–Crippen MR) is 100 cm³/mol. The molecule has 130 valence electrons. The Morgan fingerprint density at radius 2 is 1.80 bits per heavy atom. The minimum absolute atomic E-state index is 0.0372. The molecule has 4 heteroatoms. The Bertz CT molecular complexity index is 807. The summed E-state index contributed by atoms with van der Waals surface area (Å²) < 4.78 is 18.2. The number of aryl methyl sites for hydroxylation is 1. The van der Waals surface area contributed by atoms with Gasteiger partial charge in [-0.3, -0.25) is 4.79 Å². The standard InChI is InChI=1S/C21H22O3S/c1-15-8-11-18(12-9-15)25(23)21-17(14-20(22)24-2)10-13-19(21)16-6-4-3-5-7-16/h3-9,11-12,17H,10,13-14H2,1-2H3/t17-,25+/m1/s1. The van der Waals surface area contributed by atoms with Gasteiger partial charge in [0.05, 0.1) is 24.3 Å². The van der Waals surface area contributed by atoms with Crippen LogP contribution in [0.25, 0.3) is 5.57 Å². The zero-order valence-electron chi connectivity index (χ0n) is 14.5. The van der Waals surface area contributed by atoms with Crippen LogP contribution < -0.4 is 0 Å². The molecule has 0 unspecified atom stereocenters. The Kier molecular flexibility index (Phi) is 5.49. The number of allylic oxidation sites excluding steroid dienone is 2. The van der Waals surface area contributed by atoms with Gasteiger partial charge in [-0.05, 0) is 43.0 Å². The molecule has 1 aliphatic carbocycles. The minimum Gasteiger partial charge on any atom is -0.469 e. The van der Waals surface area contributed by atoms with E-state index in [0.717, 1.165) is 39.3 Å². The van der Waals surface area contributed by atoms with E-state index >= 15 is 0 Å². The third-order valence-electron chi connectivity index (χ3n) is 4.61. The molecule has 2 atom stereocenters. The summed E-state index contributed by atoms with van der Waals surface area (Å²) in [5.41, 5.74) is 3.33. The summed E-state index contributed by atoms with van der Waals surface area (Å²) in [6.45, 7) is 2.01. The van der Waals surface area contributed by atoms with Gasteiger partial charge in [-0.1, -0.05) is 48.0 Å². The molecule has 0 N–H and O–H groups in total. The van der Waals surface area contributed by atoms with E-state index in [-0.39, 0.29) is 18.3 Å². The van der Waals surface area contributed by atoms with Crippen LogP contribution in [-0.2, 0) is 20.3 Å². The summed E-state index contributed by atoms with van der Waals surface area (Å²) in [5.74, 6) is -0.289. The Hall–Kier alpha value is -2.20. The van der Waals surface area contributed by atoms with Crippen LogP contribution in [-0.4, -0.2) is 17.3 Å². The van der Waals surface area contributed by atoms with Crippen molar-refractivity contribution in [1.82, 2.24) is 0 Å². The van der Waals surface area contributed by atoms with Gasteiger partial charge in [0.15, 0.2) is 0 Å². The second kappa shape index (κ2) is 7.79. The lowest BCUT2D eigenvalue weighted by Gasteiger charge is -2.15. The largest absolute Gasteiger partial charge is 0.469 e. The van der Waals surface area contributed by atoms with E-state index in [1.54, 1.807) is 0 Å². The number of esters is 1. The number of rotatable bonds is 5. The first kappa shape index (κ1) is 17.6. The number of hydrogen-bond donors (Lipinski definition) is 0. The number of carbonyl (C=O) groups is 1. The third-order valence-corrected chi connectivity index (χ3v) is 6.29. The van der Waals surface area contributed by atoms with Crippen LogP contribution in [0.1, 0.15) is 30.4 Å². The van der Waals surface area contributed by atoms with E-state index < -0.39 is 10.8 Å². The predicted octanol–water partition coefficient (Wildman–Crippen LogP) is 4.49. The maximum absolute atomic E-state index is 13.3. The van der Waals surface area contributed by atoms with Gasteiger partial charge in [-0.15, -0.1) is 0 Å². The molecule has 2 aromatic carbocycles. The van der Waals surface area contributed by atoms with Crippen molar-refractivity contribution < 1.29 is 13.7 Å². The molecular formula is C21H22O3S. The highest BCUT2D eigenvalue weighted by atomic mass is 32.2. The molecule has 0 saturated carbocycles. The molecule has 0 aromatic heterocycles. The minimum atomic E-state index is -1.27. The van der Waals surface area contributed by atoms with Crippen molar-refractivity contribution in [3.05, 3.63) is 70.6 Å². The van der Waals surface area contributed by atoms with E-state index in [0.29, 0.717) is 0 Å². The Morgan fingerprint density at radius 1 is 1.12 bits per heavy atom. The smallest absolute Gasteiger partial charge is 0.306 e. The Morgan fingerprint density at radius 3 is 2.44 bits per heavy atom. The van der Waals surface area contributed by atoms with Crippen molar-refractivity contribution in [1.29, 1.82) is 0 Å². The first-order chi connectivity index (χ1) is 12.1. The molecule has 3 rings (SSSR count). The summed E-state index contributed by atoms with van der Waals surface area (Å²) in [6, 6.07) is 17.8. The van der Waals surface area contributed by atoms with E-state index in [9.17, 15) is 9.00 Å². The molecule has 0 heterocycles. The van der Waals surface area contributed by atoms with E-state index in [1.807, 2.05) is 61.5 Å². The maximum atomic E-state index is 13.3. The van der Waals surface area contributed by atoms with Crippen LogP contribution in [0.15, 0.2) is 64.4 Å². The molecule has 0 bridgehead atoms. The normalized spacial score (nSPS) is 18.2. The first-order valence-electron chi connectivity index (χ1n) is 8.44. The van der Waals surface area contributed by atoms with Crippen LogP contribution in [0, 0.1) is 12.8 Å². The monoisotopic (exact) mass is 354 g/mol.